The minimum atomic E-state index is 0.373. The van der Waals surface area contributed by atoms with Gasteiger partial charge < -0.3 is 0 Å². The highest BCUT2D eigenvalue weighted by molar-refractivity contribution is 7.00. The molecule has 1 aromatic carbocycles. The number of rotatable bonds is 4. The fraction of sp³-hybridized carbons (Fsp3) is 0.0500. The van der Waals surface area contributed by atoms with Crippen molar-refractivity contribution in [3.05, 3.63) is 83.7 Å². The van der Waals surface area contributed by atoms with Gasteiger partial charge in [-0.15, -0.1) is 0 Å². The molecule has 2 aromatic heterocycles. The number of nitrogens with zero attached hydrogens (tertiary/aromatic N) is 3. The standard InChI is InChI=1S/C20H15N3S/c1-2-4-15(3-1)5-7-17-9-10-18(20-19(17)22-24-23-20)8-6-16-11-13-21-14-12-16/h1-15H/b7-5+,8-6+. The third kappa shape index (κ3) is 3.09. The fourth-order valence-electron chi connectivity index (χ4n) is 2.63. The van der Waals surface area contributed by atoms with Crippen LogP contribution in [0.4, 0.5) is 0 Å². The lowest BCUT2D eigenvalue weighted by atomic mass is 10.0. The zero-order valence-corrected chi connectivity index (χ0v) is 13.7. The molecule has 0 saturated heterocycles. The van der Waals surface area contributed by atoms with E-state index in [-0.39, 0.29) is 0 Å². The van der Waals surface area contributed by atoms with Gasteiger partial charge in [-0.2, -0.15) is 8.75 Å². The second-order valence-corrected chi connectivity index (χ2v) is 6.05. The minimum Gasteiger partial charge on any atom is -0.265 e. The van der Waals surface area contributed by atoms with E-state index in [4.69, 9.17) is 0 Å². The Hall–Kier alpha value is -2.85. The zero-order valence-electron chi connectivity index (χ0n) is 12.9. The molecule has 3 aromatic rings. The summed E-state index contributed by atoms with van der Waals surface area (Å²) in [7, 11) is 0. The van der Waals surface area contributed by atoms with Gasteiger partial charge in [0, 0.05) is 29.4 Å². The highest BCUT2D eigenvalue weighted by Crippen LogP contribution is 2.25. The smallest absolute Gasteiger partial charge is 0.112 e. The minimum absolute atomic E-state index is 0.373. The van der Waals surface area contributed by atoms with Gasteiger partial charge in [-0.25, -0.2) is 0 Å². The van der Waals surface area contributed by atoms with E-state index >= 15 is 0 Å². The van der Waals surface area contributed by atoms with Crippen molar-refractivity contribution in [1.29, 1.82) is 0 Å². The normalized spacial score (nSPS) is 14.7. The van der Waals surface area contributed by atoms with Crippen LogP contribution in [0.1, 0.15) is 16.7 Å². The van der Waals surface area contributed by atoms with Crippen LogP contribution in [0.25, 0.3) is 29.3 Å². The van der Waals surface area contributed by atoms with Gasteiger partial charge in [-0.3, -0.25) is 4.98 Å². The van der Waals surface area contributed by atoms with Crippen LogP contribution >= 0.6 is 11.7 Å². The first-order chi connectivity index (χ1) is 11.9. The lowest BCUT2D eigenvalue weighted by molar-refractivity contribution is 1.10. The maximum Gasteiger partial charge on any atom is 0.112 e. The van der Waals surface area contributed by atoms with Crippen LogP contribution in [0.2, 0.25) is 0 Å². The molecule has 2 heterocycles. The number of pyridine rings is 1. The van der Waals surface area contributed by atoms with Gasteiger partial charge in [0.25, 0.3) is 0 Å². The summed E-state index contributed by atoms with van der Waals surface area (Å²) >= 11 is 1.26. The molecule has 116 valence electrons. The van der Waals surface area contributed by atoms with Crippen molar-refractivity contribution in [2.75, 3.05) is 0 Å². The van der Waals surface area contributed by atoms with Crippen LogP contribution in [0, 0.1) is 5.92 Å². The van der Waals surface area contributed by atoms with Gasteiger partial charge in [0.15, 0.2) is 0 Å². The molecule has 0 aliphatic heterocycles. The summed E-state index contributed by atoms with van der Waals surface area (Å²) in [4.78, 5) is 4.03. The molecule has 0 amide bonds. The number of hydrogen-bond acceptors (Lipinski definition) is 4. The Morgan fingerprint density at radius 1 is 0.792 bits per heavy atom. The van der Waals surface area contributed by atoms with E-state index < -0.39 is 0 Å². The zero-order chi connectivity index (χ0) is 16.2. The van der Waals surface area contributed by atoms with E-state index in [2.05, 4.69) is 74.5 Å². The first kappa shape index (κ1) is 14.7. The monoisotopic (exact) mass is 329 g/mol. The number of hydrogen-bond donors (Lipinski definition) is 0. The molecule has 3 nitrogen and oxygen atoms in total. The molecule has 1 aliphatic carbocycles. The molecule has 0 radical (unpaired) electrons. The molecule has 4 heteroatoms. The maximum atomic E-state index is 4.48. The van der Waals surface area contributed by atoms with Crippen molar-refractivity contribution in [1.82, 2.24) is 13.7 Å². The first-order valence-electron chi connectivity index (χ1n) is 7.77. The van der Waals surface area contributed by atoms with Gasteiger partial charge >= 0.3 is 0 Å². The lowest BCUT2D eigenvalue weighted by Crippen LogP contribution is -1.84. The Bertz CT molecular complexity index is 953. The van der Waals surface area contributed by atoms with Gasteiger partial charge in [-0.1, -0.05) is 60.7 Å². The van der Waals surface area contributed by atoms with E-state index in [9.17, 15) is 0 Å². The first-order valence-corrected chi connectivity index (χ1v) is 8.50. The molecular formula is C20H15N3S. The van der Waals surface area contributed by atoms with E-state index in [1.807, 2.05) is 12.1 Å². The average molecular weight is 329 g/mol. The van der Waals surface area contributed by atoms with Crippen molar-refractivity contribution in [3.8, 4) is 0 Å². The van der Waals surface area contributed by atoms with E-state index in [0.29, 0.717) is 5.92 Å². The Morgan fingerprint density at radius 3 is 2.17 bits per heavy atom. The molecule has 1 aliphatic rings. The second kappa shape index (κ2) is 6.72. The van der Waals surface area contributed by atoms with Crippen LogP contribution in [0.3, 0.4) is 0 Å². The summed E-state index contributed by atoms with van der Waals surface area (Å²) in [6.07, 6.45) is 20.5. The average Bonchev–Trinajstić information content (AvgIpc) is 3.31. The third-order valence-electron chi connectivity index (χ3n) is 3.92. The van der Waals surface area contributed by atoms with Crippen LogP contribution in [-0.2, 0) is 0 Å². The number of aromatic nitrogens is 3. The lowest BCUT2D eigenvalue weighted by Gasteiger charge is -2.01. The van der Waals surface area contributed by atoms with Gasteiger partial charge in [0.05, 0.1) is 11.7 Å². The Morgan fingerprint density at radius 2 is 1.46 bits per heavy atom. The highest BCUT2D eigenvalue weighted by atomic mass is 32.1. The predicted molar refractivity (Wildman–Crippen MR) is 101 cm³/mol. The molecule has 24 heavy (non-hydrogen) atoms. The summed E-state index contributed by atoms with van der Waals surface area (Å²) in [5.74, 6) is 0.373. The SMILES string of the molecule is C1=CC(/C=C/c2ccc(/C=C/c3ccncc3)c3nsnc23)C=C1. The Kier molecular flexibility index (Phi) is 4.13. The van der Waals surface area contributed by atoms with E-state index in [0.717, 1.165) is 27.7 Å². The fourth-order valence-corrected chi connectivity index (χ4v) is 3.21. The molecular weight excluding hydrogens is 314 g/mol. The van der Waals surface area contributed by atoms with Gasteiger partial charge in [0.2, 0.25) is 0 Å². The molecule has 0 unspecified atom stereocenters. The van der Waals surface area contributed by atoms with Crippen LogP contribution < -0.4 is 0 Å². The molecule has 0 atom stereocenters. The second-order valence-electron chi connectivity index (χ2n) is 5.53. The van der Waals surface area contributed by atoms with Crippen molar-refractivity contribution < 1.29 is 0 Å². The molecule has 0 bridgehead atoms. The summed E-state index contributed by atoms with van der Waals surface area (Å²) in [5, 5.41) is 0. The van der Waals surface area contributed by atoms with Crippen molar-refractivity contribution in [3.63, 3.8) is 0 Å². The van der Waals surface area contributed by atoms with Gasteiger partial charge in [0.1, 0.15) is 11.0 Å². The summed E-state index contributed by atoms with van der Waals surface area (Å²) in [5.41, 5.74) is 5.20. The summed E-state index contributed by atoms with van der Waals surface area (Å²) in [6, 6.07) is 8.16. The molecule has 0 fully saturated rings. The molecule has 4 rings (SSSR count). The largest absolute Gasteiger partial charge is 0.265 e. The van der Waals surface area contributed by atoms with Crippen molar-refractivity contribution in [2.45, 2.75) is 0 Å². The van der Waals surface area contributed by atoms with E-state index in [1.165, 1.54) is 11.7 Å². The number of allylic oxidation sites excluding steroid dienone is 5. The molecule has 0 saturated carbocycles. The number of benzene rings is 1. The predicted octanol–water partition coefficient (Wildman–Crippen LogP) is 5.01. The summed E-state index contributed by atoms with van der Waals surface area (Å²) in [6.45, 7) is 0. The molecule has 0 N–H and O–H groups in total. The topological polar surface area (TPSA) is 38.7 Å². The highest BCUT2D eigenvalue weighted by Gasteiger charge is 2.07. The van der Waals surface area contributed by atoms with Crippen LogP contribution in [0.5, 0.6) is 0 Å². The maximum absolute atomic E-state index is 4.48. The van der Waals surface area contributed by atoms with Crippen molar-refractivity contribution in [2.24, 2.45) is 5.92 Å². The Labute approximate surface area is 144 Å². The summed E-state index contributed by atoms with van der Waals surface area (Å²) < 4.78 is 8.96. The quantitative estimate of drug-likeness (QED) is 0.675. The van der Waals surface area contributed by atoms with E-state index in [1.54, 1.807) is 12.4 Å². The van der Waals surface area contributed by atoms with Crippen LogP contribution in [0.15, 0.2) is 67.0 Å². The molecule has 0 spiro atoms. The number of fused-ring (bicyclic) bond motifs is 1. The van der Waals surface area contributed by atoms with Crippen molar-refractivity contribution >= 4 is 41.0 Å². The van der Waals surface area contributed by atoms with Crippen LogP contribution in [-0.4, -0.2) is 13.7 Å². The van der Waals surface area contributed by atoms with Gasteiger partial charge in [-0.05, 0) is 17.7 Å². The Balaban J connectivity index is 1.66. The third-order valence-corrected chi connectivity index (χ3v) is 4.44.